The van der Waals surface area contributed by atoms with Crippen LogP contribution in [0.3, 0.4) is 0 Å². The molecule has 0 bridgehead atoms. The highest BCUT2D eigenvalue weighted by Crippen LogP contribution is 2.42. The van der Waals surface area contributed by atoms with Crippen molar-refractivity contribution in [2.45, 2.75) is 0 Å². The van der Waals surface area contributed by atoms with Crippen molar-refractivity contribution in [2.75, 3.05) is 0 Å². The summed E-state index contributed by atoms with van der Waals surface area (Å²) in [4.78, 5) is 10.2. The van der Waals surface area contributed by atoms with Crippen molar-refractivity contribution in [3.8, 4) is 22.6 Å². The average Bonchev–Trinajstić information content (AvgIpc) is 3.43. The van der Waals surface area contributed by atoms with Crippen molar-refractivity contribution < 1.29 is 4.42 Å². The van der Waals surface area contributed by atoms with E-state index in [1.165, 1.54) is 16.2 Å². The van der Waals surface area contributed by atoms with Crippen molar-refractivity contribution in [2.24, 2.45) is 0 Å². The van der Waals surface area contributed by atoms with Gasteiger partial charge in [-0.05, 0) is 51.2 Å². The van der Waals surface area contributed by atoms with E-state index in [-0.39, 0.29) is 0 Å². The van der Waals surface area contributed by atoms with E-state index >= 15 is 0 Å². The van der Waals surface area contributed by atoms with Crippen LogP contribution in [0.5, 0.6) is 0 Å². The molecule has 0 aliphatic rings. The number of hydrogen-bond donors (Lipinski definition) is 0. The topological polar surface area (TPSA) is 38.9 Å². The summed E-state index contributed by atoms with van der Waals surface area (Å²) in [6, 6.07) is 46.6. The number of nitrogens with zero attached hydrogens (tertiary/aromatic N) is 2. The number of furan rings is 1. The predicted octanol–water partition coefficient (Wildman–Crippen LogP) is 10.3. The first-order valence-corrected chi connectivity index (χ1v) is 13.8. The Morgan fingerprint density at radius 2 is 1.05 bits per heavy atom. The summed E-state index contributed by atoms with van der Waals surface area (Å²) >= 11 is 0. The van der Waals surface area contributed by atoms with Crippen LogP contribution in [0.1, 0.15) is 0 Å². The molecule has 0 aliphatic heterocycles. The number of aromatic nitrogens is 2. The average molecular weight is 523 g/mol. The molecular formula is C38H22N2O. The molecule has 0 saturated carbocycles. The van der Waals surface area contributed by atoms with Crippen LogP contribution in [0.15, 0.2) is 138 Å². The maximum atomic E-state index is 6.53. The lowest BCUT2D eigenvalue weighted by atomic mass is 9.92. The van der Waals surface area contributed by atoms with Crippen LogP contribution in [0.25, 0.3) is 87.8 Å². The highest BCUT2D eigenvalue weighted by Gasteiger charge is 2.17. The third kappa shape index (κ3) is 3.26. The molecular weight excluding hydrogens is 500 g/mol. The first-order valence-electron chi connectivity index (χ1n) is 13.8. The second-order valence-electron chi connectivity index (χ2n) is 10.5. The van der Waals surface area contributed by atoms with Gasteiger partial charge in [-0.25, -0.2) is 9.97 Å². The fraction of sp³-hybridized carbons (Fsp3) is 0. The zero-order valence-electron chi connectivity index (χ0n) is 22.0. The summed E-state index contributed by atoms with van der Waals surface area (Å²) in [5.74, 6) is 0.718. The Labute approximate surface area is 235 Å². The SMILES string of the molecule is c1ccc(-c2nc(-c3ccc4c(c3)c3ccccc3c3ccc5c6ccccc6oc5c34)nc3ccccc23)cc1. The van der Waals surface area contributed by atoms with Gasteiger partial charge in [0.25, 0.3) is 0 Å². The summed E-state index contributed by atoms with van der Waals surface area (Å²) in [6.07, 6.45) is 0. The minimum Gasteiger partial charge on any atom is -0.455 e. The number of para-hydroxylation sites is 2. The van der Waals surface area contributed by atoms with E-state index < -0.39 is 0 Å². The molecule has 0 spiro atoms. The van der Waals surface area contributed by atoms with E-state index in [0.717, 1.165) is 71.6 Å². The standard InChI is InChI=1S/C38H22N2O/c1-2-10-23(11-3-1)36-31-15-6-8-16-33(31)39-38(40-36)24-18-19-29-32(22-24)26-13-5-4-12-25(26)28-20-21-30-27-14-7-9-17-34(27)41-37(30)35(28)29/h1-22H. The second-order valence-corrected chi connectivity index (χ2v) is 10.5. The third-order valence-electron chi connectivity index (χ3n) is 8.25. The molecule has 190 valence electrons. The van der Waals surface area contributed by atoms with E-state index in [1.54, 1.807) is 0 Å². The Morgan fingerprint density at radius 3 is 1.90 bits per heavy atom. The lowest BCUT2D eigenvalue weighted by Gasteiger charge is -2.13. The zero-order valence-corrected chi connectivity index (χ0v) is 22.0. The minimum atomic E-state index is 0.718. The summed E-state index contributed by atoms with van der Waals surface area (Å²) in [5, 5.41) is 10.4. The van der Waals surface area contributed by atoms with E-state index in [9.17, 15) is 0 Å². The minimum absolute atomic E-state index is 0.718. The highest BCUT2D eigenvalue weighted by atomic mass is 16.3. The molecule has 2 aromatic heterocycles. The van der Waals surface area contributed by atoms with Crippen LogP contribution in [0.4, 0.5) is 0 Å². The lowest BCUT2D eigenvalue weighted by Crippen LogP contribution is -1.95. The van der Waals surface area contributed by atoms with Crippen LogP contribution in [0, 0.1) is 0 Å². The van der Waals surface area contributed by atoms with Crippen molar-refractivity contribution >= 4 is 65.2 Å². The molecule has 0 amide bonds. The number of rotatable bonds is 2. The van der Waals surface area contributed by atoms with Gasteiger partial charge in [-0.2, -0.15) is 0 Å². The zero-order chi connectivity index (χ0) is 26.9. The van der Waals surface area contributed by atoms with Gasteiger partial charge in [0.1, 0.15) is 11.2 Å². The van der Waals surface area contributed by atoms with Gasteiger partial charge < -0.3 is 4.42 Å². The smallest absolute Gasteiger partial charge is 0.160 e. The van der Waals surface area contributed by atoms with Crippen LogP contribution in [-0.4, -0.2) is 9.97 Å². The predicted molar refractivity (Wildman–Crippen MR) is 170 cm³/mol. The van der Waals surface area contributed by atoms with Crippen molar-refractivity contribution in [3.63, 3.8) is 0 Å². The Kier molecular flexibility index (Phi) is 4.61. The molecule has 0 unspecified atom stereocenters. The molecule has 41 heavy (non-hydrogen) atoms. The van der Waals surface area contributed by atoms with Crippen LogP contribution < -0.4 is 0 Å². The Hall–Kier alpha value is -5.54. The Morgan fingerprint density at radius 1 is 0.415 bits per heavy atom. The Bertz CT molecular complexity index is 2470. The van der Waals surface area contributed by atoms with E-state index in [0.29, 0.717) is 0 Å². The van der Waals surface area contributed by atoms with E-state index in [1.807, 2.05) is 30.3 Å². The molecule has 0 fully saturated rings. The highest BCUT2D eigenvalue weighted by molar-refractivity contribution is 6.32. The molecule has 0 atom stereocenters. The summed E-state index contributed by atoms with van der Waals surface area (Å²) < 4.78 is 6.53. The molecule has 0 N–H and O–H groups in total. The first kappa shape index (κ1) is 22.3. The van der Waals surface area contributed by atoms with Crippen molar-refractivity contribution in [1.82, 2.24) is 9.97 Å². The molecule has 2 heterocycles. The molecule has 0 radical (unpaired) electrons. The normalized spacial score (nSPS) is 11.9. The van der Waals surface area contributed by atoms with Crippen molar-refractivity contribution in [1.29, 1.82) is 0 Å². The van der Waals surface area contributed by atoms with Gasteiger partial charge in [0.2, 0.25) is 0 Å². The van der Waals surface area contributed by atoms with Crippen LogP contribution in [0.2, 0.25) is 0 Å². The Balaban J connectivity index is 1.38. The van der Waals surface area contributed by atoms with Crippen molar-refractivity contribution in [3.05, 3.63) is 133 Å². The van der Waals surface area contributed by atoms with Gasteiger partial charge in [-0.3, -0.25) is 0 Å². The van der Waals surface area contributed by atoms with Gasteiger partial charge in [0, 0.05) is 32.7 Å². The van der Waals surface area contributed by atoms with Gasteiger partial charge >= 0.3 is 0 Å². The molecule has 7 aromatic carbocycles. The third-order valence-corrected chi connectivity index (χ3v) is 8.25. The first-order chi connectivity index (χ1) is 20.3. The van der Waals surface area contributed by atoms with E-state index in [2.05, 4.69) is 103 Å². The number of fused-ring (bicyclic) bond motifs is 11. The molecule has 0 saturated heterocycles. The maximum Gasteiger partial charge on any atom is 0.160 e. The summed E-state index contributed by atoms with van der Waals surface area (Å²) in [7, 11) is 0. The molecule has 3 nitrogen and oxygen atoms in total. The summed E-state index contributed by atoms with van der Waals surface area (Å²) in [6.45, 7) is 0. The summed E-state index contributed by atoms with van der Waals surface area (Å²) in [5.41, 5.74) is 5.78. The largest absolute Gasteiger partial charge is 0.455 e. The van der Waals surface area contributed by atoms with Gasteiger partial charge in [-0.15, -0.1) is 0 Å². The quantitative estimate of drug-likeness (QED) is 0.212. The van der Waals surface area contributed by atoms with Crippen LogP contribution >= 0.6 is 0 Å². The van der Waals surface area contributed by atoms with Gasteiger partial charge in [-0.1, -0.05) is 109 Å². The molecule has 0 aliphatic carbocycles. The molecule has 9 rings (SSSR count). The van der Waals surface area contributed by atoms with E-state index in [4.69, 9.17) is 14.4 Å². The second kappa shape index (κ2) is 8.48. The molecule has 9 aromatic rings. The molecule has 3 heteroatoms. The van der Waals surface area contributed by atoms with Crippen LogP contribution in [-0.2, 0) is 0 Å². The number of benzene rings is 7. The maximum absolute atomic E-state index is 6.53. The fourth-order valence-corrected chi connectivity index (χ4v) is 6.38. The van der Waals surface area contributed by atoms with Gasteiger partial charge in [0.05, 0.1) is 11.2 Å². The monoisotopic (exact) mass is 522 g/mol. The lowest BCUT2D eigenvalue weighted by molar-refractivity contribution is 0.673. The van der Waals surface area contributed by atoms with Gasteiger partial charge in [0.15, 0.2) is 5.82 Å². The fourth-order valence-electron chi connectivity index (χ4n) is 6.38. The number of hydrogen-bond acceptors (Lipinski definition) is 3.